The van der Waals surface area contributed by atoms with E-state index in [9.17, 15) is 9.59 Å². The molecule has 0 spiro atoms. The molecule has 0 radical (unpaired) electrons. The highest BCUT2D eigenvalue weighted by atomic mass is 16.2. The van der Waals surface area contributed by atoms with Gasteiger partial charge in [0.2, 0.25) is 11.8 Å². The Kier molecular flexibility index (Phi) is 5.26. The van der Waals surface area contributed by atoms with E-state index in [0.717, 1.165) is 0 Å². The van der Waals surface area contributed by atoms with Crippen LogP contribution in [0.25, 0.3) is 0 Å². The van der Waals surface area contributed by atoms with E-state index in [1.807, 2.05) is 20.8 Å². The number of rotatable bonds is 5. The van der Waals surface area contributed by atoms with Gasteiger partial charge < -0.3 is 16.4 Å². The number of aromatic nitrogens is 2. The molecule has 0 aromatic carbocycles. The van der Waals surface area contributed by atoms with Crippen LogP contribution in [-0.4, -0.2) is 34.7 Å². The van der Waals surface area contributed by atoms with Gasteiger partial charge in [0.05, 0.1) is 11.9 Å². The second-order valence-corrected chi connectivity index (χ2v) is 5.82. The molecular formula is C13H23N5O2. The molecule has 0 bridgehead atoms. The van der Waals surface area contributed by atoms with Crippen molar-refractivity contribution < 1.29 is 9.59 Å². The molecule has 7 nitrogen and oxygen atoms in total. The fourth-order valence-corrected chi connectivity index (χ4v) is 1.46. The number of amides is 2. The summed E-state index contributed by atoms with van der Waals surface area (Å²) in [5.74, 6) is -0.312. The number of anilines is 1. The number of nitrogens with one attached hydrogen (secondary N) is 2. The van der Waals surface area contributed by atoms with E-state index < -0.39 is 0 Å². The van der Waals surface area contributed by atoms with Crippen LogP contribution in [-0.2, 0) is 16.1 Å². The Balaban J connectivity index is 2.53. The van der Waals surface area contributed by atoms with Crippen molar-refractivity contribution in [3.05, 3.63) is 12.4 Å². The van der Waals surface area contributed by atoms with E-state index >= 15 is 0 Å². The highest BCUT2D eigenvalue weighted by molar-refractivity contribution is 5.90. The lowest BCUT2D eigenvalue weighted by atomic mass is 9.85. The Hall–Kier alpha value is -1.89. The molecule has 20 heavy (non-hydrogen) atoms. The smallest absolute Gasteiger partial charge is 0.241 e. The van der Waals surface area contributed by atoms with Crippen molar-refractivity contribution in [2.45, 2.75) is 39.8 Å². The van der Waals surface area contributed by atoms with Crippen molar-refractivity contribution in [1.29, 1.82) is 0 Å². The van der Waals surface area contributed by atoms with Gasteiger partial charge in [-0.25, -0.2) is 0 Å². The normalized spacial score (nSPS) is 12.8. The number of nitrogens with two attached hydrogens (primary N) is 1. The van der Waals surface area contributed by atoms with Gasteiger partial charge in [0, 0.05) is 25.7 Å². The first kappa shape index (κ1) is 16.2. The first-order valence-electron chi connectivity index (χ1n) is 6.51. The van der Waals surface area contributed by atoms with Gasteiger partial charge in [-0.1, -0.05) is 20.8 Å². The number of carbonyl (C=O) groups excluding carboxylic acids is 2. The van der Waals surface area contributed by atoms with Crippen molar-refractivity contribution in [3.63, 3.8) is 0 Å². The lowest BCUT2D eigenvalue weighted by molar-refractivity contribution is -0.121. The monoisotopic (exact) mass is 281 g/mol. The standard InChI is InChI=1S/C13H23N5O2/c1-13(2,3)10(14)5-11(19)17-9-6-16-18(7-9)8-12(20)15-4/h6-7,10H,5,8,14H2,1-4H3,(H,15,20)(H,17,19). The molecule has 0 fully saturated rings. The summed E-state index contributed by atoms with van der Waals surface area (Å²) in [5, 5.41) is 9.22. The second kappa shape index (κ2) is 6.51. The summed E-state index contributed by atoms with van der Waals surface area (Å²) < 4.78 is 1.46. The van der Waals surface area contributed by atoms with E-state index in [-0.39, 0.29) is 36.2 Å². The summed E-state index contributed by atoms with van der Waals surface area (Å²) in [4.78, 5) is 23.0. The van der Waals surface area contributed by atoms with Crippen LogP contribution < -0.4 is 16.4 Å². The number of hydrogen-bond donors (Lipinski definition) is 3. The molecular weight excluding hydrogens is 258 g/mol. The van der Waals surface area contributed by atoms with Crippen molar-refractivity contribution >= 4 is 17.5 Å². The van der Waals surface area contributed by atoms with Gasteiger partial charge in [0.1, 0.15) is 6.54 Å². The molecule has 0 aliphatic heterocycles. The molecule has 0 aliphatic rings. The van der Waals surface area contributed by atoms with Crippen molar-refractivity contribution in [2.24, 2.45) is 11.1 Å². The summed E-state index contributed by atoms with van der Waals surface area (Å²) >= 11 is 0. The Bertz CT molecular complexity index is 475. The zero-order chi connectivity index (χ0) is 15.3. The highest BCUT2D eigenvalue weighted by Crippen LogP contribution is 2.20. The molecule has 4 N–H and O–H groups in total. The van der Waals surface area contributed by atoms with Crippen LogP contribution in [0.4, 0.5) is 5.69 Å². The summed E-state index contributed by atoms with van der Waals surface area (Å²) in [6.45, 7) is 6.10. The van der Waals surface area contributed by atoms with Crippen LogP contribution >= 0.6 is 0 Å². The first-order chi connectivity index (χ1) is 9.22. The number of likely N-dealkylation sites (N-methyl/N-ethyl adjacent to an activating group) is 1. The summed E-state index contributed by atoms with van der Waals surface area (Å²) in [7, 11) is 1.56. The summed E-state index contributed by atoms with van der Waals surface area (Å²) in [6, 6.07) is -0.219. The first-order valence-corrected chi connectivity index (χ1v) is 6.51. The molecule has 0 aliphatic carbocycles. The number of nitrogens with zero attached hydrogens (tertiary/aromatic N) is 2. The van der Waals surface area contributed by atoms with E-state index in [0.29, 0.717) is 5.69 Å². The molecule has 2 amide bonds. The maximum absolute atomic E-state index is 11.8. The highest BCUT2D eigenvalue weighted by Gasteiger charge is 2.23. The Morgan fingerprint density at radius 2 is 2.05 bits per heavy atom. The zero-order valence-electron chi connectivity index (χ0n) is 12.4. The van der Waals surface area contributed by atoms with Gasteiger partial charge in [-0.15, -0.1) is 0 Å². The second-order valence-electron chi connectivity index (χ2n) is 5.82. The Morgan fingerprint density at radius 1 is 1.40 bits per heavy atom. The van der Waals surface area contributed by atoms with Crippen molar-refractivity contribution in [1.82, 2.24) is 15.1 Å². The van der Waals surface area contributed by atoms with Gasteiger partial charge in [0.25, 0.3) is 0 Å². The minimum absolute atomic E-state index is 0.119. The van der Waals surface area contributed by atoms with Crippen LogP contribution in [0, 0.1) is 5.41 Å². The van der Waals surface area contributed by atoms with Crippen LogP contribution in [0.3, 0.4) is 0 Å². The molecule has 1 atom stereocenters. The lowest BCUT2D eigenvalue weighted by Crippen LogP contribution is -2.38. The lowest BCUT2D eigenvalue weighted by Gasteiger charge is -2.26. The quantitative estimate of drug-likeness (QED) is 0.723. The van der Waals surface area contributed by atoms with Gasteiger partial charge >= 0.3 is 0 Å². The van der Waals surface area contributed by atoms with Crippen LogP contribution in [0.15, 0.2) is 12.4 Å². The largest absolute Gasteiger partial charge is 0.358 e. The third kappa shape index (κ3) is 5.00. The molecule has 0 saturated carbocycles. The molecule has 1 aromatic rings. The van der Waals surface area contributed by atoms with Crippen molar-refractivity contribution in [2.75, 3.05) is 12.4 Å². The predicted molar refractivity (Wildman–Crippen MR) is 77.0 cm³/mol. The zero-order valence-corrected chi connectivity index (χ0v) is 12.4. The summed E-state index contributed by atoms with van der Waals surface area (Å²) in [6.07, 6.45) is 3.35. The molecule has 1 rings (SSSR count). The van der Waals surface area contributed by atoms with E-state index in [4.69, 9.17) is 5.73 Å². The average Bonchev–Trinajstić information content (AvgIpc) is 2.74. The van der Waals surface area contributed by atoms with Gasteiger partial charge in [-0.05, 0) is 5.41 Å². The SMILES string of the molecule is CNC(=O)Cn1cc(NC(=O)CC(N)C(C)(C)C)cn1. The van der Waals surface area contributed by atoms with Crippen molar-refractivity contribution in [3.8, 4) is 0 Å². The average molecular weight is 281 g/mol. The minimum atomic E-state index is -0.219. The summed E-state index contributed by atoms with van der Waals surface area (Å²) in [5.41, 5.74) is 6.39. The van der Waals surface area contributed by atoms with Gasteiger partial charge in [-0.2, -0.15) is 5.10 Å². The van der Waals surface area contributed by atoms with E-state index in [2.05, 4.69) is 15.7 Å². The molecule has 112 valence electrons. The fraction of sp³-hybridized carbons (Fsp3) is 0.615. The molecule has 1 heterocycles. The van der Waals surface area contributed by atoms with Gasteiger partial charge in [-0.3, -0.25) is 14.3 Å². The predicted octanol–water partition coefficient (Wildman–Crippen LogP) is 0.331. The maximum Gasteiger partial charge on any atom is 0.241 e. The molecule has 1 aromatic heterocycles. The molecule has 7 heteroatoms. The number of carbonyl (C=O) groups is 2. The van der Waals surface area contributed by atoms with Crippen LogP contribution in [0.1, 0.15) is 27.2 Å². The minimum Gasteiger partial charge on any atom is -0.358 e. The topological polar surface area (TPSA) is 102 Å². The maximum atomic E-state index is 11.8. The van der Waals surface area contributed by atoms with E-state index in [1.54, 1.807) is 13.2 Å². The van der Waals surface area contributed by atoms with Gasteiger partial charge in [0.15, 0.2) is 0 Å². The third-order valence-electron chi connectivity index (χ3n) is 3.02. The molecule has 1 unspecified atom stereocenters. The van der Waals surface area contributed by atoms with Crippen LogP contribution in [0.5, 0.6) is 0 Å². The third-order valence-corrected chi connectivity index (χ3v) is 3.02. The Labute approximate surface area is 118 Å². The fourth-order valence-electron chi connectivity index (χ4n) is 1.46. The Morgan fingerprint density at radius 3 is 2.60 bits per heavy atom. The van der Waals surface area contributed by atoms with Crippen LogP contribution in [0.2, 0.25) is 0 Å². The van der Waals surface area contributed by atoms with E-state index in [1.165, 1.54) is 10.9 Å². The molecule has 0 saturated heterocycles. The number of hydrogen-bond acceptors (Lipinski definition) is 4.